The molecule has 0 atom stereocenters. The molecule has 0 spiro atoms. The number of fused-ring (bicyclic) bond motifs is 1. The first-order valence-electron chi connectivity index (χ1n) is 9.55. The summed E-state index contributed by atoms with van der Waals surface area (Å²) in [5.74, 6) is -1.06. The fourth-order valence-electron chi connectivity index (χ4n) is 3.19. The highest BCUT2D eigenvalue weighted by molar-refractivity contribution is 6.10. The van der Waals surface area contributed by atoms with Gasteiger partial charge in [-0.05, 0) is 30.3 Å². The summed E-state index contributed by atoms with van der Waals surface area (Å²) in [5, 5.41) is 7.10. The Morgan fingerprint density at radius 1 is 1.00 bits per heavy atom. The molecule has 1 aliphatic heterocycles. The van der Waals surface area contributed by atoms with Crippen LogP contribution in [-0.2, 0) is 25.7 Å². The minimum Gasteiger partial charge on any atom is -0.459 e. The fraction of sp³-hybridized carbons (Fsp3) is 0.182. The second-order valence-electron chi connectivity index (χ2n) is 6.79. The maximum Gasteiger partial charge on any atom is 0.306 e. The molecule has 0 saturated heterocycles. The van der Waals surface area contributed by atoms with E-state index in [4.69, 9.17) is 4.74 Å². The third-order valence-corrected chi connectivity index (χ3v) is 4.66. The number of hydrogen-bond donors (Lipinski definition) is 1. The molecular formula is C22H20N4O4. The zero-order valence-electron chi connectivity index (χ0n) is 16.2. The van der Waals surface area contributed by atoms with Gasteiger partial charge in [-0.25, -0.2) is 4.68 Å². The van der Waals surface area contributed by atoms with Crippen LogP contribution in [0, 0.1) is 0 Å². The van der Waals surface area contributed by atoms with E-state index in [0.29, 0.717) is 17.1 Å². The summed E-state index contributed by atoms with van der Waals surface area (Å²) in [6.07, 6.45) is 1.68. The molecule has 0 saturated carbocycles. The number of carbonyl (C=O) groups excluding carboxylic acids is 3. The quantitative estimate of drug-likeness (QED) is 0.638. The van der Waals surface area contributed by atoms with E-state index >= 15 is 0 Å². The lowest BCUT2D eigenvalue weighted by Gasteiger charge is -2.29. The largest absolute Gasteiger partial charge is 0.459 e. The Morgan fingerprint density at radius 3 is 2.60 bits per heavy atom. The first kappa shape index (κ1) is 19.4. The molecule has 4 rings (SSSR count). The third kappa shape index (κ3) is 4.38. The van der Waals surface area contributed by atoms with Crippen molar-refractivity contribution in [3.05, 3.63) is 72.6 Å². The number of benzene rings is 2. The van der Waals surface area contributed by atoms with Crippen LogP contribution in [0.25, 0.3) is 5.69 Å². The number of nitrogens with zero attached hydrogens (tertiary/aromatic N) is 3. The Balaban J connectivity index is 1.29. The minimum absolute atomic E-state index is 0.0296. The van der Waals surface area contributed by atoms with E-state index in [1.54, 1.807) is 41.2 Å². The number of para-hydroxylation sites is 3. The second-order valence-corrected chi connectivity index (χ2v) is 6.79. The molecule has 8 nitrogen and oxygen atoms in total. The van der Waals surface area contributed by atoms with Gasteiger partial charge in [0.15, 0.2) is 0 Å². The molecule has 8 heteroatoms. The molecule has 0 unspecified atom stereocenters. The van der Waals surface area contributed by atoms with Crippen LogP contribution < -0.4 is 10.2 Å². The summed E-state index contributed by atoms with van der Waals surface area (Å²) in [4.78, 5) is 37.9. The van der Waals surface area contributed by atoms with Crippen molar-refractivity contribution in [2.45, 2.75) is 19.4 Å². The van der Waals surface area contributed by atoms with Crippen molar-refractivity contribution in [2.24, 2.45) is 0 Å². The van der Waals surface area contributed by atoms with Gasteiger partial charge in [-0.15, -0.1) is 0 Å². The molecule has 2 aromatic carbocycles. The molecule has 0 aliphatic carbocycles. The van der Waals surface area contributed by atoms with Crippen molar-refractivity contribution < 1.29 is 19.1 Å². The van der Waals surface area contributed by atoms with E-state index < -0.39 is 5.97 Å². The van der Waals surface area contributed by atoms with Crippen LogP contribution in [0.5, 0.6) is 0 Å². The van der Waals surface area contributed by atoms with Gasteiger partial charge in [0.2, 0.25) is 11.8 Å². The van der Waals surface area contributed by atoms with Crippen LogP contribution in [0.2, 0.25) is 0 Å². The summed E-state index contributed by atoms with van der Waals surface area (Å²) >= 11 is 0. The molecule has 3 aromatic rings. The van der Waals surface area contributed by atoms with E-state index in [1.165, 1.54) is 4.90 Å². The molecule has 1 N–H and O–H groups in total. The van der Waals surface area contributed by atoms with Crippen molar-refractivity contribution in [1.29, 1.82) is 0 Å². The summed E-state index contributed by atoms with van der Waals surface area (Å²) < 4.78 is 6.94. The predicted molar refractivity (Wildman–Crippen MR) is 110 cm³/mol. The van der Waals surface area contributed by atoms with Gasteiger partial charge in [-0.2, -0.15) is 5.10 Å². The van der Waals surface area contributed by atoms with E-state index in [-0.39, 0.29) is 37.8 Å². The van der Waals surface area contributed by atoms with Crippen molar-refractivity contribution in [3.63, 3.8) is 0 Å². The molecule has 1 aromatic heterocycles. The lowest BCUT2D eigenvalue weighted by Crippen LogP contribution is -2.42. The number of rotatable bonds is 6. The average Bonchev–Trinajstić information content (AvgIpc) is 3.25. The molecule has 2 amide bonds. The maximum atomic E-state index is 12.6. The molecule has 1 aliphatic rings. The number of anilines is 2. The Labute approximate surface area is 173 Å². The van der Waals surface area contributed by atoms with Crippen molar-refractivity contribution in [3.8, 4) is 5.69 Å². The van der Waals surface area contributed by atoms with Gasteiger partial charge in [-0.1, -0.05) is 30.3 Å². The van der Waals surface area contributed by atoms with E-state index in [9.17, 15) is 14.4 Å². The molecule has 152 valence electrons. The van der Waals surface area contributed by atoms with Crippen LogP contribution in [0.4, 0.5) is 11.4 Å². The number of carbonyl (C=O) groups is 3. The smallest absolute Gasteiger partial charge is 0.306 e. The van der Waals surface area contributed by atoms with Crippen LogP contribution in [0.1, 0.15) is 18.5 Å². The number of hydrogen-bond acceptors (Lipinski definition) is 5. The molecule has 0 bridgehead atoms. The van der Waals surface area contributed by atoms with E-state index in [0.717, 1.165) is 5.69 Å². The predicted octanol–water partition coefficient (Wildman–Crippen LogP) is 2.68. The molecule has 0 radical (unpaired) electrons. The lowest BCUT2D eigenvalue weighted by atomic mass is 10.1. The number of esters is 1. The van der Waals surface area contributed by atoms with E-state index in [2.05, 4.69) is 10.4 Å². The van der Waals surface area contributed by atoms with Crippen LogP contribution in [0.15, 0.2) is 66.9 Å². The number of aromatic nitrogens is 2. The highest BCUT2D eigenvalue weighted by Crippen LogP contribution is 2.29. The molecule has 30 heavy (non-hydrogen) atoms. The molecule has 2 heterocycles. The topological polar surface area (TPSA) is 93.5 Å². The van der Waals surface area contributed by atoms with Crippen LogP contribution >= 0.6 is 0 Å². The first-order valence-corrected chi connectivity index (χ1v) is 9.55. The normalized spacial score (nSPS) is 12.8. The van der Waals surface area contributed by atoms with Crippen LogP contribution in [0.3, 0.4) is 0 Å². The summed E-state index contributed by atoms with van der Waals surface area (Å²) in [7, 11) is 0. The first-order chi connectivity index (χ1) is 14.6. The standard InChI is InChI=1S/C22H20N4O4/c27-20-14-25(19-9-5-4-8-18(19)23-20)21(28)10-11-22(29)30-15-16-12-13-26(24-16)17-6-2-1-3-7-17/h1-9,12-13H,10-11,14-15H2,(H,23,27). The SMILES string of the molecule is O=C1CN(C(=O)CCC(=O)OCc2ccn(-c3ccccc3)n2)c2ccccc2N1. The summed E-state index contributed by atoms with van der Waals surface area (Å²) in [6, 6.07) is 18.4. The van der Waals surface area contributed by atoms with Gasteiger partial charge in [-0.3, -0.25) is 14.4 Å². The van der Waals surface area contributed by atoms with Gasteiger partial charge in [0, 0.05) is 12.6 Å². The Kier molecular flexibility index (Phi) is 5.56. The number of amides is 2. The molecule has 0 fully saturated rings. The van der Waals surface area contributed by atoms with Crippen molar-refractivity contribution >= 4 is 29.2 Å². The van der Waals surface area contributed by atoms with Gasteiger partial charge < -0.3 is 15.0 Å². The summed E-state index contributed by atoms with van der Waals surface area (Å²) in [6.45, 7) is -0.0381. The minimum atomic E-state index is -0.493. The average molecular weight is 404 g/mol. The van der Waals surface area contributed by atoms with Crippen molar-refractivity contribution in [2.75, 3.05) is 16.8 Å². The van der Waals surface area contributed by atoms with Gasteiger partial charge >= 0.3 is 5.97 Å². The fourth-order valence-corrected chi connectivity index (χ4v) is 3.19. The zero-order valence-corrected chi connectivity index (χ0v) is 16.2. The third-order valence-electron chi connectivity index (χ3n) is 4.66. The Hall–Kier alpha value is -3.94. The maximum absolute atomic E-state index is 12.6. The Morgan fingerprint density at radius 2 is 1.77 bits per heavy atom. The lowest BCUT2D eigenvalue weighted by molar-refractivity contribution is -0.146. The Bertz CT molecular complexity index is 1080. The number of ether oxygens (including phenoxy) is 1. The van der Waals surface area contributed by atoms with Gasteiger partial charge in [0.1, 0.15) is 18.8 Å². The van der Waals surface area contributed by atoms with Crippen molar-refractivity contribution in [1.82, 2.24) is 9.78 Å². The number of nitrogens with one attached hydrogen (secondary N) is 1. The molecular weight excluding hydrogens is 384 g/mol. The zero-order chi connectivity index (χ0) is 20.9. The summed E-state index contributed by atoms with van der Waals surface area (Å²) in [5.41, 5.74) is 2.73. The highest BCUT2D eigenvalue weighted by atomic mass is 16.5. The van der Waals surface area contributed by atoms with Gasteiger partial charge in [0.25, 0.3) is 0 Å². The van der Waals surface area contributed by atoms with E-state index in [1.807, 2.05) is 30.3 Å². The monoisotopic (exact) mass is 404 g/mol. The van der Waals surface area contributed by atoms with Crippen LogP contribution in [-0.4, -0.2) is 34.1 Å². The van der Waals surface area contributed by atoms with Gasteiger partial charge in [0.05, 0.1) is 23.5 Å². The second kappa shape index (κ2) is 8.60. The highest BCUT2D eigenvalue weighted by Gasteiger charge is 2.26.